The Morgan fingerprint density at radius 3 is 2.40 bits per heavy atom. The molecule has 0 nitrogen and oxygen atoms in total. The molecule has 0 heterocycles. The first-order valence-corrected chi connectivity index (χ1v) is 7.62. The van der Waals surface area contributed by atoms with Gasteiger partial charge in [0.2, 0.25) is 0 Å². The fourth-order valence-electron chi connectivity index (χ4n) is 0.772. The Morgan fingerprint density at radius 2 is 2.00 bits per heavy atom. The van der Waals surface area contributed by atoms with Crippen LogP contribution in [0.25, 0.3) is 0 Å². The summed E-state index contributed by atoms with van der Waals surface area (Å²) in [5, 5.41) is 0.703. The summed E-state index contributed by atoms with van der Waals surface area (Å²) in [4.78, 5) is -0.736. The third-order valence-corrected chi connectivity index (χ3v) is 4.72. The molecule has 0 rings (SSSR count). The molecule has 0 saturated heterocycles. The predicted molar refractivity (Wildman–Crippen MR) is 79.2 cm³/mol. The van der Waals surface area contributed by atoms with Gasteiger partial charge >= 0.3 is 0 Å². The summed E-state index contributed by atoms with van der Waals surface area (Å²) in [5.41, 5.74) is 1.06. The Labute approximate surface area is 123 Å². The van der Waals surface area contributed by atoms with Crippen molar-refractivity contribution in [3.8, 4) is 0 Å². The van der Waals surface area contributed by atoms with Gasteiger partial charge in [-0.2, -0.15) is 0 Å². The van der Waals surface area contributed by atoms with E-state index in [1.54, 1.807) is 6.08 Å². The van der Waals surface area contributed by atoms with E-state index in [-0.39, 0.29) is 9.70 Å². The molecule has 0 bridgehead atoms. The third kappa shape index (κ3) is 8.09. The molecule has 15 heavy (non-hydrogen) atoms. The zero-order chi connectivity index (χ0) is 12.1. The molecule has 0 aliphatic heterocycles. The molecular weight excluding hydrogens is 386 g/mol. The molecular formula is C10H13Br2Cl3. The molecule has 0 amide bonds. The van der Waals surface area contributed by atoms with Gasteiger partial charge in [0.05, 0.1) is 9.70 Å². The molecule has 0 aromatic rings. The van der Waals surface area contributed by atoms with Gasteiger partial charge in [0.25, 0.3) is 0 Å². The Hall–Kier alpha value is 1.31. The van der Waals surface area contributed by atoms with Crippen molar-refractivity contribution in [2.75, 3.05) is 5.33 Å². The molecule has 88 valence electrons. The van der Waals surface area contributed by atoms with Crippen LogP contribution in [0.2, 0.25) is 0 Å². The van der Waals surface area contributed by atoms with E-state index in [4.69, 9.17) is 34.8 Å². The van der Waals surface area contributed by atoms with E-state index in [1.165, 1.54) is 0 Å². The second-order valence-corrected chi connectivity index (χ2v) is 6.99. The molecule has 0 aromatic carbocycles. The second-order valence-electron chi connectivity index (χ2n) is 3.42. The molecule has 0 aliphatic carbocycles. The number of alkyl halides is 5. The molecule has 0 fully saturated rings. The normalized spacial score (nSPS) is 19.6. The summed E-state index contributed by atoms with van der Waals surface area (Å²) >= 11 is 24.3. The predicted octanol–water partition coefficient (Wildman–Crippen LogP) is 5.45. The summed E-state index contributed by atoms with van der Waals surface area (Å²) in [6, 6.07) is 0. The number of hydrogen-bond donors (Lipinski definition) is 0. The van der Waals surface area contributed by atoms with Crippen molar-refractivity contribution in [3.63, 3.8) is 0 Å². The number of hydrogen-bond acceptors (Lipinski definition) is 0. The maximum absolute atomic E-state index is 6.15. The monoisotopic (exact) mass is 396 g/mol. The first-order chi connectivity index (χ1) is 6.78. The molecule has 0 N–H and O–H groups in total. The van der Waals surface area contributed by atoms with Crippen molar-refractivity contribution in [1.29, 1.82) is 0 Å². The fraction of sp³-hybridized carbons (Fsp3) is 0.600. The van der Waals surface area contributed by atoms with Crippen molar-refractivity contribution >= 4 is 66.7 Å². The molecule has 0 spiro atoms. The minimum absolute atomic E-state index is 0.106. The Balaban J connectivity index is 4.43. The van der Waals surface area contributed by atoms with Crippen molar-refractivity contribution in [2.24, 2.45) is 0 Å². The first-order valence-electron chi connectivity index (χ1n) is 4.33. The molecule has 0 radical (unpaired) electrons. The number of allylic oxidation sites excluding steroid dienone is 4. The van der Waals surface area contributed by atoms with Gasteiger partial charge in [-0.1, -0.05) is 55.7 Å². The summed E-state index contributed by atoms with van der Waals surface area (Å²) in [7, 11) is 0. The first kappa shape index (κ1) is 16.3. The lowest BCUT2D eigenvalue weighted by Crippen LogP contribution is -2.14. The van der Waals surface area contributed by atoms with Crippen LogP contribution in [-0.2, 0) is 0 Å². The van der Waals surface area contributed by atoms with Crippen molar-refractivity contribution in [1.82, 2.24) is 0 Å². The van der Waals surface area contributed by atoms with Crippen LogP contribution in [0.5, 0.6) is 0 Å². The minimum Gasteiger partial charge on any atom is -0.114 e. The smallest absolute Gasteiger partial charge is 0.114 e. The van der Waals surface area contributed by atoms with Crippen LogP contribution < -0.4 is 0 Å². The Bertz CT molecular complexity index is 247. The highest BCUT2D eigenvalue weighted by atomic mass is 79.9. The quantitative estimate of drug-likeness (QED) is 0.426. The van der Waals surface area contributed by atoms with Gasteiger partial charge < -0.3 is 0 Å². The van der Waals surface area contributed by atoms with E-state index >= 15 is 0 Å². The van der Waals surface area contributed by atoms with E-state index in [0.717, 1.165) is 5.57 Å². The average Bonchev–Trinajstić information content (AvgIpc) is 2.13. The van der Waals surface area contributed by atoms with Crippen molar-refractivity contribution in [3.05, 3.63) is 23.8 Å². The molecule has 0 saturated carbocycles. The molecule has 5 heteroatoms. The van der Waals surface area contributed by atoms with Crippen LogP contribution in [0.15, 0.2) is 23.8 Å². The average molecular weight is 399 g/mol. The van der Waals surface area contributed by atoms with Gasteiger partial charge in [-0.05, 0) is 13.8 Å². The number of rotatable bonds is 5. The van der Waals surface area contributed by atoms with Gasteiger partial charge in [-0.25, -0.2) is 0 Å². The summed E-state index contributed by atoms with van der Waals surface area (Å²) in [5.74, 6) is 0. The van der Waals surface area contributed by atoms with Gasteiger partial charge in [-0.15, -0.1) is 34.8 Å². The second kappa shape index (κ2) is 7.60. The topological polar surface area (TPSA) is 0 Å². The van der Waals surface area contributed by atoms with Gasteiger partial charge in [0.1, 0.15) is 4.84 Å². The van der Waals surface area contributed by atoms with Crippen molar-refractivity contribution in [2.45, 2.75) is 28.4 Å². The molecule has 0 aliphatic rings. The van der Waals surface area contributed by atoms with Gasteiger partial charge in [0, 0.05) is 5.33 Å². The largest absolute Gasteiger partial charge is 0.126 e. The summed E-state index contributed by atoms with van der Waals surface area (Å²) < 4.78 is 0. The van der Waals surface area contributed by atoms with Crippen LogP contribution >= 0.6 is 66.7 Å². The number of halogens is 5. The highest BCUT2D eigenvalue weighted by molar-refractivity contribution is 9.09. The van der Waals surface area contributed by atoms with Crippen LogP contribution in [-0.4, -0.2) is 19.9 Å². The summed E-state index contributed by atoms with van der Waals surface area (Å²) in [6.45, 7) is 3.89. The zero-order valence-electron chi connectivity index (χ0n) is 8.48. The van der Waals surface area contributed by atoms with Gasteiger partial charge in [-0.3, -0.25) is 0 Å². The van der Waals surface area contributed by atoms with Crippen LogP contribution in [0, 0.1) is 0 Å². The highest BCUT2D eigenvalue weighted by Crippen LogP contribution is 2.22. The lowest BCUT2D eigenvalue weighted by atomic mass is 10.1. The molecule has 0 unspecified atom stereocenters. The third-order valence-electron chi connectivity index (χ3n) is 1.70. The van der Waals surface area contributed by atoms with Crippen LogP contribution in [0.4, 0.5) is 0 Å². The van der Waals surface area contributed by atoms with Gasteiger partial charge in [0.15, 0.2) is 0 Å². The molecule has 0 aromatic heterocycles. The van der Waals surface area contributed by atoms with E-state index < -0.39 is 4.84 Å². The lowest BCUT2D eigenvalue weighted by Gasteiger charge is -2.14. The zero-order valence-corrected chi connectivity index (χ0v) is 13.9. The standard InChI is InChI=1S/C10H13Br2Cl3/c1-7(5-9(13)14)8(12)3-4-10(2,15)6-11/h3-5,8-9H,6H2,1-2H3/b4-3+,7-5+/t8-,10+/m0/s1. The van der Waals surface area contributed by atoms with Crippen molar-refractivity contribution < 1.29 is 0 Å². The minimum atomic E-state index is -0.475. The van der Waals surface area contributed by atoms with Crippen LogP contribution in [0.3, 0.4) is 0 Å². The van der Waals surface area contributed by atoms with E-state index in [1.807, 2.05) is 26.0 Å². The SMILES string of the molecule is C/C(=C\C(Cl)Cl)[C@@H](Br)/C=C/[C@@](C)(Cl)CBr. The Kier molecular flexibility index (Phi) is 8.26. The van der Waals surface area contributed by atoms with E-state index in [2.05, 4.69) is 31.9 Å². The molecule has 2 atom stereocenters. The Morgan fingerprint density at radius 1 is 1.47 bits per heavy atom. The fourth-order valence-corrected chi connectivity index (χ4v) is 1.73. The van der Waals surface area contributed by atoms with E-state index in [0.29, 0.717) is 5.33 Å². The highest BCUT2D eigenvalue weighted by Gasteiger charge is 2.15. The van der Waals surface area contributed by atoms with E-state index in [9.17, 15) is 0 Å². The summed E-state index contributed by atoms with van der Waals surface area (Å²) in [6.07, 6.45) is 5.71. The lowest BCUT2D eigenvalue weighted by molar-refractivity contribution is 0.899. The van der Waals surface area contributed by atoms with Crippen LogP contribution in [0.1, 0.15) is 13.8 Å². The maximum atomic E-state index is 6.15. The maximum Gasteiger partial charge on any atom is 0.126 e.